The highest BCUT2D eigenvalue weighted by Crippen LogP contribution is 2.25. The maximum absolute atomic E-state index is 11.8. The summed E-state index contributed by atoms with van der Waals surface area (Å²) in [6, 6.07) is 3.91. The maximum Gasteiger partial charge on any atom is 0.182 e. The van der Waals surface area contributed by atoms with Crippen molar-refractivity contribution in [1.29, 1.82) is 0 Å². The fourth-order valence-electron chi connectivity index (χ4n) is 1.26. The summed E-state index contributed by atoms with van der Waals surface area (Å²) in [5.41, 5.74) is 0.289. The van der Waals surface area contributed by atoms with Crippen LogP contribution in [0.3, 0.4) is 0 Å². The van der Waals surface area contributed by atoms with Crippen molar-refractivity contribution in [1.82, 2.24) is 4.90 Å². The average molecular weight is 244 g/mol. The molecule has 0 bridgehead atoms. The molecule has 16 heavy (non-hydrogen) atoms. The van der Waals surface area contributed by atoms with Gasteiger partial charge in [0.05, 0.1) is 0 Å². The lowest BCUT2D eigenvalue weighted by molar-refractivity contribution is 0.0976. The normalized spacial score (nSPS) is 12.8. The molecular weight excluding hydrogens is 230 g/mol. The number of benzene rings is 1. The highest BCUT2D eigenvalue weighted by molar-refractivity contribution is 6.34. The van der Waals surface area contributed by atoms with Gasteiger partial charge in [-0.1, -0.05) is 0 Å². The number of rotatable bonds is 4. The standard InChI is InChI=1S/C11H14ClNO3/c1-13(2)6-8(12)11(16)7-3-4-9(14)10(15)5-7/h3-5,8,14-15H,6H2,1-2H3/t8-/m0/s1. The lowest BCUT2D eigenvalue weighted by atomic mass is 10.1. The Morgan fingerprint density at radius 1 is 1.38 bits per heavy atom. The molecule has 1 aromatic rings. The van der Waals surface area contributed by atoms with Gasteiger partial charge in [-0.15, -0.1) is 11.6 Å². The number of halogens is 1. The Kier molecular flexibility index (Phi) is 4.15. The summed E-state index contributed by atoms with van der Waals surface area (Å²) in [7, 11) is 3.63. The van der Waals surface area contributed by atoms with E-state index in [1.807, 2.05) is 14.1 Å². The minimum absolute atomic E-state index is 0.254. The highest BCUT2D eigenvalue weighted by atomic mass is 35.5. The van der Waals surface area contributed by atoms with Crippen molar-refractivity contribution in [2.45, 2.75) is 5.38 Å². The quantitative estimate of drug-likeness (QED) is 0.477. The van der Waals surface area contributed by atoms with Crippen molar-refractivity contribution >= 4 is 17.4 Å². The van der Waals surface area contributed by atoms with Crippen LogP contribution >= 0.6 is 11.6 Å². The predicted octanol–water partition coefficient (Wildman–Crippen LogP) is 1.45. The van der Waals surface area contributed by atoms with Crippen LogP contribution in [-0.2, 0) is 0 Å². The molecule has 4 nitrogen and oxygen atoms in total. The third-order valence-electron chi connectivity index (χ3n) is 2.07. The third kappa shape index (κ3) is 3.12. The summed E-state index contributed by atoms with van der Waals surface area (Å²) < 4.78 is 0. The number of carbonyl (C=O) groups excluding carboxylic acids is 1. The Morgan fingerprint density at radius 3 is 2.50 bits per heavy atom. The van der Waals surface area contributed by atoms with Gasteiger partial charge < -0.3 is 15.1 Å². The van der Waals surface area contributed by atoms with Gasteiger partial charge in [0.25, 0.3) is 0 Å². The van der Waals surface area contributed by atoms with Crippen LogP contribution in [0.5, 0.6) is 11.5 Å². The highest BCUT2D eigenvalue weighted by Gasteiger charge is 2.19. The first-order chi connectivity index (χ1) is 7.41. The van der Waals surface area contributed by atoms with Crippen LogP contribution in [0.2, 0.25) is 0 Å². The fourth-order valence-corrected chi connectivity index (χ4v) is 1.66. The molecule has 0 heterocycles. The molecule has 0 fully saturated rings. The van der Waals surface area contributed by atoms with E-state index in [0.717, 1.165) is 0 Å². The SMILES string of the molecule is CN(C)C[C@H](Cl)C(=O)c1ccc(O)c(O)c1. The van der Waals surface area contributed by atoms with Crippen LogP contribution in [0.25, 0.3) is 0 Å². The monoisotopic (exact) mass is 243 g/mol. The van der Waals surface area contributed by atoms with Crippen molar-refractivity contribution in [3.05, 3.63) is 23.8 Å². The Morgan fingerprint density at radius 2 is 2.00 bits per heavy atom. The number of alkyl halides is 1. The molecule has 0 aliphatic rings. The average Bonchev–Trinajstić information content (AvgIpc) is 2.20. The van der Waals surface area contributed by atoms with Crippen molar-refractivity contribution in [3.8, 4) is 11.5 Å². The maximum atomic E-state index is 11.8. The number of phenolic OH excluding ortho intramolecular Hbond substituents is 2. The molecular formula is C11H14ClNO3. The lowest BCUT2D eigenvalue weighted by Gasteiger charge is -2.14. The molecule has 0 aliphatic heterocycles. The molecule has 2 N–H and O–H groups in total. The molecule has 0 aliphatic carbocycles. The van der Waals surface area contributed by atoms with E-state index < -0.39 is 5.38 Å². The van der Waals surface area contributed by atoms with Gasteiger partial charge in [-0.05, 0) is 32.3 Å². The van der Waals surface area contributed by atoms with E-state index in [1.165, 1.54) is 18.2 Å². The molecule has 1 aromatic carbocycles. The molecule has 1 rings (SSSR count). The van der Waals surface area contributed by atoms with Gasteiger partial charge in [-0.25, -0.2) is 0 Å². The Hall–Kier alpha value is -1.26. The van der Waals surface area contributed by atoms with Crippen molar-refractivity contribution in [3.63, 3.8) is 0 Å². The summed E-state index contributed by atoms with van der Waals surface area (Å²) in [5.74, 6) is -0.847. The van der Waals surface area contributed by atoms with Crippen LogP contribution in [0.4, 0.5) is 0 Å². The van der Waals surface area contributed by atoms with Gasteiger partial charge in [0, 0.05) is 12.1 Å². The van der Waals surface area contributed by atoms with Crippen molar-refractivity contribution < 1.29 is 15.0 Å². The van der Waals surface area contributed by atoms with Crippen LogP contribution in [0.1, 0.15) is 10.4 Å². The van der Waals surface area contributed by atoms with E-state index in [-0.39, 0.29) is 22.8 Å². The van der Waals surface area contributed by atoms with Gasteiger partial charge in [0.1, 0.15) is 5.38 Å². The first-order valence-electron chi connectivity index (χ1n) is 4.77. The summed E-state index contributed by atoms with van der Waals surface area (Å²) in [5, 5.41) is 17.7. The smallest absolute Gasteiger partial charge is 0.182 e. The van der Waals surface area contributed by atoms with E-state index in [2.05, 4.69) is 0 Å². The van der Waals surface area contributed by atoms with Crippen LogP contribution in [0.15, 0.2) is 18.2 Å². The van der Waals surface area contributed by atoms with Crippen molar-refractivity contribution in [2.75, 3.05) is 20.6 Å². The Balaban J connectivity index is 2.84. The van der Waals surface area contributed by atoms with E-state index in [0.29, 0.717) is 6.54 Å². The molecule has 0 spiro atoms. The Bertz CT molecular complexity index is 393. The molecule has 0 saturated heterocycles. The number of hydrogen-bond acceptors (Lipinski definition) is 4. The summed E-state index contributed by atoms with van der Waals surface area (Å²) in [6.07, 6.45) is 0. The number of Topliss-reactive ketones (excluding diaryl/α,β-unsaturated/α-hetero) is 1. The summed E-state index contributed by atoms with van der Waals surface area (Å²) in [4.78, 5) is 13.6. The van der Waals surface area contributed by atoms with Crippen LogP contribution in [-0.4, -0.2) is 46.9 Å². The second-order valence-electron chi connectivity index (χ2n) is 3.80. The van der Waals surface area contributed by atoms with Crippen LogP contribution in [0, 0.1) is 0 Å². The molecule has 1 atom stereocenters. The lowest BCUT2D eigenvalue weighted by Crippen LogP contribution is -2.28. The minimum Gasteiger partial charge on any atom is -0.504 e. The first-order valence-corrected chi connectivity index (χ1v) is 5.20. The number of aromatic hydroxyl groups is 2. The van der Waals surface area contributed by atoms with Gasteiger partial charge in [0.2, 0.25) is 0 Å². The van der Waals surface area contributed by atoms with E-state index in [1.54, 1.807) is 4.90 Å². The summed E-state index contributed by atoms with van der Waals surface area (Å²) >= 11 is 5.92. The topological polar surface area (TPSA) is 60.8 Å². The molecule has 5 heteroatoms. The zero-order valence-electron chi connectivity index (χ0n) is 9.14. The molecule has 0 amide bonds. The molecule has 88 valence electrons. The Labute approximate surface area is 99.1 Å². The third-order valence-corrected chi connectivity index (χ3v) is 2.41. The van der Waals surface area contributed by atoms with Gasteiger partial charge in [0.15, 0.2) is 17.3 Å². The number of hydrogen-bond donors (Lipinski definition) is 2. The van der Waals surface area contributed by atoms with Gasteiger partial charge in [-0.3, -0.25) is 4.79 Å². The van der Waals surface area contributed by atoms with Gasteiger partial charge >= 0.3 is 0 Å². The first kappa shape index (κ1) is 12.8. The van der Waals surface area contributed by atoms with Crippen LogP contribution < -0.4 is 0 Å². The van der Waals surface area contributed by atoms with E-state index >= 15 is 0 Å². The number of carbonyl (C=O) groups is 1. The zero-order valence-corrected chi connectivity index (χ0v) is 9.90. The second kappa shape index (κ2) is 5.18. The predicted molar refractivity (Wildman–Crippen MR) is 62.3 cm³/mol. The largest absolute Gasteiger partial charge is 0.504 e. The van der Waals surface area contributed by atoms with Crippen molar-refractivity contribution in [2.24, 2.45) is 0 Å². The molecule has 0 unspecified atom stereocenters. The second-order valence-corrected chi connectivity index (χ2v) is 4.32. The fraction of sp³-hybridized carbons (Fsp3) is 0.364. The number of phenols is 2. The number of ketones is 1. The van der Waals surface area contributed by atoms with E-state index in [4.69, 9.17) is 16.7 Å². The van der Waals surface area contributed by atoms with E-state index in [9.17, 15) is 9.90 Å². The molecule has 0 aromatic heterocycles. The molecule has 0 saturated carbocycles. The molecule has 0 radical (unpaired) electrons. The van der Waals surface area contributed by atoms with Gasteiger partial charge in [-0.2, -0.15) is 0 Å². The number of nitrogens with zero attached hydrogens (tertiary/aromatic N) is 1. The summed E-state index contributed by atoms with van der Waals surface area (Å²) in [6.45, 7) is 0.419. The minimum atomic E-state index is -0.668. The zero-order chi connectivity index (χ0) is 12.3.